The van der Waals surface area contributed by atoms with E-state index in [0.717, 1.165) is 21.0 Å². The van der Waals surface area contributed by atoms with Gasteiger partial charge in [-0.3, -0.25) is 4.79 Å². The predicted molar refractivity (Wildman–Crippen MR) is 103 cm³/mol. The Morgan fingerprint density at radius 2 is 1.68 bits per heavy atom. The minimum Gasteiger partial charge on any atom is -0.267 e. The zero-order valence-electron chi connectivity index (χ0n) is 13.1. The molecular formula is C21H12N2OS. The van der Waals surface area contributed by atoms with Crippen LogP contribution >= 0.6 is 11.3 Å². The molecule has 118 valence electrons. The summed E-state index contributed by atoms with van der Waals surface area (Å²) in [6.45, 7) is 0. The number of allylic oxidation sites excluding steroid dienone is 1. The Kier molecular flexibility index (Phi) is 3.85. The van der Waals surface area contributed by atoms with E-state index < -0.39 is 0 Å². The molecule has 0 unspecified atom stereocenters. The van der Waals surface area contributed by atoms with Crippen LogP contribution in [0.25, 0.3) is 32.5 Å². The topological polar surface area (TPSA) is 53.8 Å². The Bertz CT molecular complexity index is 1230. The number of fused-ring (bicyclic) bond motifs is 2. The van der Waals surface area contributed by atoms with Gasteiger partial charge in [-0.2, -0.15) is 10.2 Å². The number of aromatic nitrogens is 1. The fourth-order valence-corrected chi connectivity index (χ4v) is 3.76. The van der Waals surface area contributed by atoms with Crippen LogP contribution < -0.4 is 5.56 Å². The molecule has 3 aromatic carbocycles. The molecule has 0 saturated carbocycles. The van der Waals surface area contributed by atoms with Gasteiger partial charge in [0.25, 0.3) is 5.56 Å². The second kappa shape index (κ2) is 6.31. The van der Waals surface area contributed by atoms with E-state index in [4.69, 9.17) is 0 Å². The van der Waals surface area contributed by atoms with Crippen molar-refractivity contribution in [3.05, 3.63) is 87.7 Å². The molecular weight excluding hydrogens is 328 g/mol. The number of nitriles is 1. The Hall–Kier alpha value is -3.29. The van der Waals surface area contributed by atoms with E-state index in [0.29, 0.717) is 16.0 Å². The molecule has 4 aromatic rings. The van der Waals surface area contributed by atoms with E-state index in [1.807, 2.05) is 60.7 Å². The van der Waals surface area contributed by atoms with E-state index in [-0.39, 0.29) is 5.56 Å². The van der Waals surface area contributed by atoms with Gasteiger partial charge in [0.15, 0.2) is 0 Å². The highest BCUT2D eigenvalue weighted by Gasteiger charge is 2.09. The van der Waals surface area contributed by atoms with E-state index in [1.54, 1.807) is 12.1 Å². The summed E-state index contributed by atoms with van der Waals surface area (Å²) in [7, 11) is 0. The lowest BCUT2D eigenvalue weighted by molar-refractivity contribution is 1.28. The normalized spacial score (nSPS) is 11.6. The summed E-state index contributed by atoms with van der Waals surface area (Å²) in [5, 5.41) is 12.8. The van der Waals surface area contributed by atoms with Crippen molar-refractivity contribution in [3.63, 3.8) is 0 Å². The van der Waals surface area contributed by atoms with Crippen molar-refractivity contribution >= 4 is 43.8 Å². The van der Waals surface area contributed by atoms with E-state index in [9.17, 15) is 10.1 Å². The van der Waals surface area contributed by atoms with Crippen molar-refractivity contribution in [2.75, 3.05) is 0 Å². The first kappa shape index (κ1) is 15.3. The van der Waals surface area contributed by atoms with Crippen molar-refractivity contribution in [3.8, 4) is 6.07 Å². The fourth-order valence-electron chi connectivity index (χ4n) is 2.80. The number of benzene rings is 3. The van der Waals surface area contributed by atoms with Crippen LogP contribution in [0.4, 0.5) is 0 Å². The number of hydrogen-bond donors (Lipinski definition) is 0. The van der Waals surface area contributed by atoms with Crippen LogP contribution in [0.2, 0.25) is 0 Å². The first-order chi connectivity index (χ1) is 12.3. The standard InChI is InChI=1S/C21H12N2OS/c22-13-16(12-15-8-5-7-14-6-1-2-9-17(14)15)21-23-20(24)18-10-3-4-11-19(18)25-21/h1-12H/b16-12+. The molecule has 4 rings (SSSR count). The smallest absolute Gasteiger partial charge is 0.267 e. The zero-order valence-corrected chi connectivity index (χ0v) is 14.0. The number of rotatable bonds is 2. The summed E-state index contributed by atoms with van der Waals surface area (Å²) in [4.78, 5) is 16.4. The summed E-state index contributed by atoms with van der Waals surface area (Å²) in [6.07, 6.45) is 1.80. The maximum atomic E-state index is 12.2. The fraction of sp³-hybridized carbons (Fsp3) is 0. The average molecular weight is 340 g/mol. The highest BCUT2D eigenvalue weighted by atomic mass is 32.1. The average Bonchev–Trinajstić information content (AvgIpc) is 2.66. The van der Waals surface area contributed by atoms with Crippen molar-refractivity contribution in [2.24, 2.45) is 0 Å². The zero-order chi connectivity index (χ0) is 17.2. The Labute approximate surface area is 148 Å². The maximum Gasteiger partial charge on any atom is 0.279 e. The molecule has 0 aliphatic carbocycles. The SMILES string of the molecule is N#C/C(=C\c1cccc2ccccc12)c1nc(=O)c2ccccc2s1. The number of hydrogen-bond acceptors (Lipinski definition) is 4. The maximum absolute atomic E-state index is 12.2. The molecule has 1 aromatic heterocycles. The van der Waals surface area contributed by atoms with Gasteiger partial charge >= 0.3 is 0 Å². The summed E-state index contributed by atoms with van der Waals surface area (Å²) in [5.41, 5.74) is 1.02. The quantitative estimate of drug-likeness (QED) is 0.489. The first-order valence-electron chi connectivity index (χ1n) is 7.76. The van der Waals surface area contributed by atoms with Gasteiger partial charge < -0.3 is 0 Å². The van der Waals surface area contributed by atoms with Gasteiger partial charge in [-0.15, -0.1) is 11.3 Å². The molecule has 3 nitrogen and oxygen atoms in total. The molecule has 0 atom stereocenters. The van der Waals surface area contributed by atoms with Gasteiger partial charge in [-0.25, -0.2) is 0 Å². The highest BCUT2D eigenvalue weighted by molar-refractivity contribution is 7.19. The molecule has 0 bridgehead atoms. The van der Waals surface area contributed by atoms with Crippen molar-refractivity contribution in [2.45, 2.75) is 0 Å². The molecule has 0 fully saturated rings. The summed E-state index contributed by atoms with van der Waals surface area (Å²) >= 11 is 1.36. The third-order valence-corrected chi connectivity index (χ3v) is 5.08. The molecule has 4 heteroatoms. The van der Waals surface area contributed by atoms with Crippen molar-refractivity contribution in [1.29, 1.82) is 5.26 Å². The molecule has 0 N–H and O–H groups in total. The minimum absolute atomic E-state index is 0.302. The molecule has 0 saturated heterocycles. The summed E-state index contributed by atoms with van der Waals surface area (Å²) in [6, 6.07) is 23.5. The van der Waals surface area contributed by atoms with E-state index in [1.165, 1.54) is 11.3 Å². The summed E-state index contributed by atoms with van der Waals surface area (Å²) < 4.78 is 0.830. The van der Waals surface area contributed by atoms with E-state index >= 15 is 0 Å². The molecule has 25 heavy (non-hydrogen) atoms. The monoisotopic (exact) mass is 340 g/mol. The van der Waals surface area contributed by atoms with E-state index in [2.05, 4.69) is 11.1 Å². The lowest BCUT2D eigenvalue weighted by Gasteiger charge is -2.04. The van der Waals surface area contributed by atoms with Crippen molar-refractivity contribution < 1.29 is 0 Å². The van der Waals surface area contributed by atoms with Gasteiger partial charge in [-0.1, -0.05) is 54.6 Å². The van der Waals surface area contributed by atoms with Crippen molar-refractivity contribution in [1.82, 2.24) is 4.98 Å². The minimum atomic E-state index is -0.302. The van der Waals surface area contributed by atoms with Gasteiger partial charge in [0, 0.05) is 4.70 Å². The van der Waals surface area contributed by atoms with Crippen LogP contribution in [0.15, 0.2) is 71.5 Å². The highest BCUT2D eigenvalue weighted by Crippen LogP contribution is 2.26. The Morgan fingerprint density at radius 1 is 0.960 bits per heavy atom. The van der Waals surface area contributed by atoms with Gasteiger partial charge in [0.05, 0.1) is 11.0 Å². The molecule has 0 amide bonds. The predicted octanol–water partition coefficient (Wildman–Crippen LogP) is 4.87. The third kappa shape index (κ3) is 2.82. The lowest BCUT2D eigenvalue weighted by atomic mass is 10.0. The van der Waals surface area contributed by atoms with Crippen LogP contribution in [-0.2, 0) is 0 Å². The lowest BCUT2D eigenvalue weighted by Crippen LogP contribution is -2.07. The second-order valence-electron chi connectivity index (χ2n) is 5.56. The molecule has 0 aliphatic heterocycles. The van der Waals surface area contributed by atoms with Crippen LogP contribution in [0.1, 0.15) is 10.6 Å². The molecule has 0 spiro atoms. The molecule has 0 aliphatic rings. The molecule has 0 radical (unpaired) electrons. The van der Waals surface area contributed by atoms with Gasteiger partial charge in [0.1, 0.15) is 11.1 Å². The third-order valence-electron chi connectivity index (χ3n) is 4.00. The van der Waals surface area contributed by atoms with Gasteiger partial charge in [0.2, 0.25) is 0 Å². The largest absolute Gasteiger partial charge is 0.279 e. The van der Waals surface area contributed by atoms with Crippen LogP contribution in [-0.4, -0.2) is 4.98 Å². The van der Waals surface area contributed by atoms with Crippen LogP contribution in [0.5, 0.6) is 0 Å². The number of nitrogens with zero attached hydrogens (tertiary/aromatic N) is 2. The summed E-state index contributed by atoms with van der Waals surface area (Å²) in [5.74, 6) is 0. The Morgan fingerprint density at radius 3 is 2.52 bits per heavy atom. The van der Waals surface area contributed by atoms with Crippen LogP contribution in [0.3, 0.4) is 0 Å². The first-order valence-corrected chi connectivity index (χ1v) is 8.58. The Balaban J connectivity index is 1.92. The second-order valence-corrected chi connectivity index (χ2v) is 6.59. The molecule has 1 heterocycles. The van der Waals surface area contributed by atoms with Gasteiger partial charge in [-0.05, 0) is 34.5 Å². The van der Waals surface area contributed by atoms with Crippen LogP contribution in [0, 0.1) is 11.3 Å².